The summed E-state index contributed by atoms with van der Waals surface area (Å²) >= 11 is 0. The molecule has 3 rings (SSSR count). The van der Waals surface area contributed by atoms with E-state index in [1.165, 1.54) is 4.90 Å². The largest absolute Gasteiger partial charge is 0.452 e. The van der Waals surface area contributed by atoms with Gasteiger partial charge in [-0.25, -0.2) is 4.79 Å². The Balaban J connectivity index is 1.71. The second-order valence-corrected chi connectivity index (χ2v) is 7.28. The van der Waals surface area contributed by atoms with Gasteiger partial charge in [-0.2, -0.15) is 0 Å². The van der Waals surface area contributed by atoms with Crippen LogP contribution in [0.1, 0.15) is 43.5 Å². The number of nitrogens with one attached hydrogen (secondary N) is 2. The van der Waals surface area contributed by atoms with E-state index in [0.717, 1.165) is 19.4 Å². The maximum absolute atomic E-state index is 13.0. The van der Waals surface area contributed by atoms with Crippen molar-refractivity contribution in [1.29, 1.82) is 0 Å². The number of hydrogen-bond donors (Lipinski definition) is 2. The van der Waals surface area contributed by atoms with Crippen molar-refractivity contribution < 1.29 is 19.1 Å². The van der Waals surface area contributed by atoms with Crippen molar-refractivity contribution in [3.05, 3.63) is 54.1 Å². The third-order valence-corrected chi connectivity index (χ3v) is 4.95. The fourth-order valence-corrected chi connectivity index (χ4v) is 3.46. The number of nitrogens with zero attached hydrogens (tertiary/aromatic N) is 1. The van der Waals surface area contributed by atoms with Gasteiger partial charge in [-0.3, -0.25) is 9.59 Å². The first-order valence-electron chi connectivity index (χ1n) is 10.2. The lowest BCUT2D eigenvalue weighted by molar-refractivity contribution is -0.122. The molecule has 2 aromatic rings. The molecule has 7 nitrogen and oxygen atoms in total. The molecule has 2 amide bonds. The van der Waals surface area contributed by atoms with Crippen molar-refractivity contribution in [2.45, 2.75) is 39.2 Å². The lowest BCUT2D eigenvalue weighted by Crippen LogP contribution is -2.41. The van der Waals surface area contributed by atoms with E-state index in [1.54, 1.807) is 43.3 Å². The molecule has 2 N–H and O–H groups in total. The number of rotatable bonds is 7. The highest BCUT2D eigenvalue weighted by atomic mass is 16.5. The highest BCUT2D eigenvalue weighted by Crippen LogP contribution is 2.31. The molecular weight excluding hydrogens is 382 g/mol. The molecule has 1 aliphatic rings. The number of amides is 2. The molecule has 0 spiro atoms. The molecule has 158 valence electrons. The molecule has 2 aromatic carbocycles. The van der Waals surface area contributed by atoms with Gasteiger partial charge in [0.15, 0.2) is 6.61 Å². The van der Waals surface area contributed by atoms with Crippen LogP contribution < -0.4 is 15.5 Å². The number of esters is 1. The van der Waals surface area contributed by atoms with Crippen LogP contribution in [0.2, 0.25) is 0 Å². The summed E-state index contributed by atoms with van der Waals surface area (Å²) in [6.45, 7) is 4.24. The van der Waals surface area contributed by atoms with Crippen molar-refractivity contribution in [1.82, 2.24) is 0 Å². The first-order valence-corrected chi connectivity index (χ1v) is 10.2. The molecule has 0 fully saturated rings. The number of fused-ring (bicyclic) bond motifs is 1. The minimum atomic E-state index is -0.562. The molecule has 0 aliphatic carbocycles. The number of carbonyl (C=O) groups excluding carboxylic acids is 3. The highest BCUT2D eigenvalue weighted by Gasteiger charge is 2.30. The average molecular weight is 409 g/mol. The van der Waals surface area contributed by atoms with Crippen LogP contribution in [-0.2, 0) is 14.3 Å². The zero-order chi connectivity index (χ0) is 21.5. The Morgan fingerprint density at radius 1 is 1.17 bits per heavy atom. The predicted molar refractivity (Wildman–Crippen MR) is 117 cm³/mol. The highest BCUT2D eigenvalue weighted by molar-refractivity contribution is 6.05. The normalized spacial score (nSPS) is 15.6. The monoisotopic (exact) mass is 409 g/mol. The lowest BCUT2D eigenvalue weighted by Gasteiger charge is -2.27. The molecule has 1 aliphatic heterocycles. The van der Waals surface area contributed by atoms with Gasteiger partial charge in [0, 0.05) is 24.7 Å². The molecule has 30 heavy (non-hydrogen) atoms. The van der Waals surface area contributed by atoms with Crippen LogP contribution in [-0.4, -0.2) is 37.0 Å². The van der Waals surface area contributed by atoms with Crippen LogP contribution in [0, 0.1) is 0 Å². The molecule has 0 saturated carbocycles. The van der Waals surface area contributed by atoms with Gasteiger partial charge in [-0.15, -0.1) is 0 Å². The standard InChI is InChI=1S/C23H27N3O4/c1-3-4-13-24-18-10-6-5-9-17(18)23(29)30-15-22(28)26-16(2)14-21(27)25-19-11-7-8-12-20(19)26/h5-12,16,24H,3-4,13-15H2,1-2H3,(H,25,27). The maximum atomic E-state index is 13.0. The number of unbranched alkanes of at least 4 members (excludes halogenated alkanes) is 1. The first-order chi connectivity index (χ1) is 14.5. The van der Waals surface area contributed by atoms with E-state index >= 15 is 0 Å². The van der Waals surface area contributed by atoms with Crippen molar-refractivity contribution in [2.24, 2.45) is 0 Å². The first kappa shape index (κ1) is 21.4. The number of ether oxygens (including phenoxy) is 1. The van der Waals surface area contributed by atoms with Crippen LogP contribution >= 0.6 is 0 Å². The molecule has 1 atom stereocenters. The Bertz CT molecular complexity index is 928. The van der Waals surface area contributed by atoms with Crippen molar-refractivity contribution in [2.75, 3.05) is 28.7 Å². The quantitative estimate of drug-likeness (QED) is 0.536. The van der Waals surface area contributed by atoms with Gasteiger partial charge in [0.1, 0.15) is 0 Å². The summed E-state index contributed by atoms with van der Waals surface area (Å²) in [6, 6.07) is 13.8. The third kappa shape index (κ3) is 4.97. The number of anilines is 3. The predicted octanol–water partition coefficient (Wildman–Crippen LogP) is 3.82. The van der Waals surface area contributed by atoms with E-state index in [1.807, 2.05) is 12.1 Å². The summed E-state index contributed by atoms with van der Waals surface area (Å²) in [5, 5.41) is 6.05. The third-order valence-electron chi connectivity index (χ3n) is 4.95. The molecule has 7 heteroatoms. The van der Waals surface area contributed by atoms with Gasteiger partial charge in [-0.1, -0.05) is 37.6 Å². The van der Waals surface area contributed by atoms with E-state index in [2.05, 4.69) is 17.6 Å². The maximum Gasteiger partial charge on any atom is 0.340 e. The van der Waals surface area contributed by atoms with Crippen LogP contribution in [0.5, 0.6) is 0 Å². The van der Waals surface area contributed by atoms with Crippen LogP contribution in [0.3, 0.4) is 0 Å². The van der Waals surface area contributed by atoms with Crippen molar-refractivity contribution in [3.63, 3.8) is 0 Å². The Hall–Kier alpha value is -3.35. The zero-order valence-corrected chi connectivity index (χ0v) is 17.3. The summed E-state index contributed by atoms with van der Waals surface area (Å²) in [7, 11) is 0. The minimum absolute atomic E-state index is 0.158. The summed E-state index contributed by atoms with van der Waals surface area (Å²) in [5.74, 6) is -1.10. The second-order valence-electron chi connectivity index (χ2n) is 7.28. The van der Waals surface area contributed by atoms with Crippen molar-refractivity contribution >= 4 is 34.8 Å². The molecule has 0 saturated heterocycles. The topological polar surface area (TPSA) is 87.7 Å². The van der Waals surface area contributed by atoms with Gasteiger partial charge < -0.3 is 20.3 Å². The van der Waals surface area contributed by atoms with Gasteiger partial charge in [0.05, 0.1) is 16.9 Å². The average Bonchev–Trinajstić information content (AvgIpc) is 2.86. The number of hydrogen-bond acceptors (Lipinski definition) is 5. The van der Waals surface area contributed by atoms with Crippen molar-refractivity contribution in [3.8, 4) is 0 Å². The number of benzene rings is 2. The van der Waals surface area contributed by atoms with Crippen LogP contribution in [0.25, 0.3) is 0 Å². The zero-order valence-electron chi connectivity index (χ0n) is 17.3. The minimum Gasteiger partial charge on any atom is -0.452 e. The second kappa shape index (κ2) is 9.91. The SMILES string of the molecule is CCCCNc1ccccc1C(=O)OCC(=O)N1c2ccccc2NC(=O)CC1C. The van der Waals surface area contributed by atoms with Crippen LogP contribution in [0.4, 0.5) is 17.1 Å². The Kier molecular flexibility index (Phi) is 7.06. The van der Waals surface area contributed by atoms with E-state index in [9.17, 15) is 14.4 Å². The Labute approximate surface area is 176 Å². The summed E-state index contributed by atoms with van der Waals surface area (Å²) < 4.78 is 5.35. The lowest BCUT2D eigenvalue weighted by atomic mass is 10.1. The molecule has 0 radical (unpaired) electrons. The van der Waals surface area contributed by atoms with Crippen LogP contribution in [0.15, 0.2) is 48.5 Å². The Morgan fingerprint density at radius 3 is 2.70 bits per heavy atom. The fraction of sp³-hybridized carbons (Fsp3) is 0.348. The van der Waals surface area contributed by atoms with Gasteiger partial charge in [0.2, 0.25) is 5.91 Å². The summed E-state index contributed by atoms with van der Waals surface area (Å²) in [5.41, 5.74) is 2.24. The smallest absolute Gasteiger partial charge is 0.340 e. The number of carbonyl (C=O) groups is 3. The van der Waals surface area contributed by atoms with Gasteiger partial charge in [0.25, 0.3) is 5.91 Å². The van der Waals surface area contributed by atoms with E-state index in [0.29, 0.717) is 22.6 Å². The van der Waals surface area contributed by atoms with Gasteiger partial charge >= 0.3 is 5.97 Å². The van der Waals surface area contributed by atoms with E-state index in [4.69, 9.17) is 4.74 Å². The molecule has 1 unspecified atom stereocenters. The Morgan fingerprint density at radius 2 is 1.90 bits per heavy atom. The number of para-hydroxylation sites is 3. The molecular formula is C23H27N3O4. The summed E-state index contributed by atoms with van der Waals surface area (Å²) in [4.78, 5) is 39.2. The molecule has 0 aromatic heterocycles. The van der Waals surface area contributed by atoms with E-state index < -0.39 is 12.6 Å². The molecule has 0 bridgehead atoms. The summed E-state index contributed by atoms with van der Waals surface area (Å²) in [6.07, 6.45) is 2.19. The fourth-order valence-electron chi connectivity index (χ4n) is 3.46. The van der Waals surface area contributed by atoms with Gasteiger partial charge in [-0.05, 0) is 37.6 Å². The van der Waals surface area contributed by atoms with E-state index in [-0.39, 0.29) is 24.3 Å². The molecule has 1 heterocycles.